The number of nitrogens with zero attached hydrogens (tertiary/aromatic N) is 1. The topological polar surface area (TPSA) is 14.2 Å². The number of rotatable bonds is 7. The van der Waals surface area contributed by atoms with Crippen LogP contribution in [0.4, 0.5) is 0 Å². The summed E-state index contributed by atoms with van der Waals surface area (Å²) in [4.78, 5) is 0. The Labute approximate surface area is 217 Å². The molecule has 2 aliphatic carbocycles. The molecule has 0 radical (unpaired) electrons. The highest BCUT2D eigenvalue weighted by atomic mass is 31.1. The van der Waals surface area contributed by atoms with E-state index in [-0.39, 0.29) is 7.92 Å². The van der Waals surface area contributed by atoms with Gasteiger partial charge in [0, 0.05) is 16.1 Å². The second-order valence-corrected chi connectivity index (χ2v) is 13.6. The second kappa shape index (κ2) is 11.0. The van der Waals surface area contributed by atoms with Crippen LogP contribution < -0.4 is 10.0 Å². The predicted molar refractivity (Wildman–Crippen MR) is 157 cm³/mol. The molecule has 0 N–H and O–H groups in total. The summed E-state index contributed by atoms with van der Waals surface area (Å²) < 4.78 is 9.18. The van der Waals surface area contributed by atoms with Gasteiger partial charge in [-0.3, -0.25) is 0 Å². The van der Waals surface area contributed by atoms with Crippen LogP contribution in [0.25, 0.3) is 27.5 Å². The lowest BCUT2D eigenvalue weighted by Gasteiger charge is -2.40. The van der Waals surface area contributed by atoms with Crippen molar-refractivity contribution in [1.29, 1.82) is 0 Å². The summed E-state index contributed by atoms with van der Waals surface area (Å²) in [6.07, 6.45) is 15.1. The van der Waals surface area contributed by atoms with Crippen LogP contribution in [0.1, 0.15) is 77.6 Å². The summed E-state index contributed by atoms with van der Waals surface area (Å²) in [6, 6.07) is 24.9. The van der Waals surface area contributed by atoms with E-state index in [1.807, 2.05) is 0 Å². The maximum Gasteiger partial charge on any atom is 0.129 e. The van der Waals surface area contributed by atoms with E-state index in [0.717, 1.165) is 24.3 Å². The normalized spacial score (nSPS) is 17.8. The Hall–Kier alpha value is -2.31. The Bertz CT molecular complexity index is 1240. The molecule has 4 aromatic rings. The van der Waals surface area contributed by atoms with Crippen LogP contribution in [0.2, 0.25) is 0 Å². The van der Waals surface area contributed by atoms with Crippen LogP contribution in [0, 0.1) is 0 Å². The molecule has 2 fully saturated rings. The Kier molecular flexibility index (Phi) is 7.33. The molecule has 2 aliphatic rings. The number of aromatic nitrogens is 1. The summed E-state index contributed by atoms with van der Waals surface area (Å²) in [6.45, 7) is 3.02. The molecule has 3 aromatic carbocycles. The zero-order valence-corrected chi connectivity index (χ0v) is 22.7. The highest BCUT2D eigenvalue weighted by molar-refractivity contribution is 7.67. The molecule has 188 valence electrons. The van der Waals surface area contributed by atoms with E-state index in [4.69, 9.17) is 4.74 Å². The van der Waals surface area contributed by atoms with E-state index in [1.165, 1.54) is 97.5 Å². The monoisotopic (exact) mass is 497 g/mol. The van der Waals surface area contributed by atoms with E-state index in [9.17, 15) is 0 Å². The van der Waals surface area contributed by atoms with E-state index in [1.54, 1.807) is 5.30 Å². The molecule has 0 aliphatic heterocycles. The number of para-hydroxylation sites is 2. The number of ether oxygens (including phenoxy) is 1. The minimum Gasteiger partial charge on any atom is -0.493 e. The van der Waals surface area contributed by atoms with Crippen molar-refractivity contribution in [3.63, 3.8) is 0 Å². The summed E-state index contributed by atoms with van der Waals surface area (Å²) in [5.41, 5.74) is 5.66. The molecule has 2 saturated carbocycles. The minimum absolute atomic E-state index is 0.312. The van der Waals surface area contributed by atoms with Crippen LogP contribution in [-0.2, 0) is 0 Å². The first-order chi connectivity index (χ1) is 17.9. The maximum atomic E-state index is 6.61. The van der Waals surface area contributed by atoms with Crippen LogP contribution in [0.15, 0.2) is 66.7 Å². The number of fused-ring (bicyclic) bond motifs is 3. The van der Waals surface area contributed by atoms with Crippen molar-refractivity contribution < 1.29 is 4.74 Å². The van der Waals surface area contributed by atoms with E-state index < -0.39 is 0 Å². The molecular formula is C33H40NOP. The molecule has 1 aromatic heterocycles. The molecule has 1 heterocycles. The summed E-state index contributed by atoms with van der Waals surface area (Å²) in [5.74, 6) is 1.17. The largest absolute Gasteiger partial charge is 0.493 e. The molecule has 0 bridgehead atoms. The summed E-state index contributed by atoms with van der Waals surface area (Å²) in [5, 5.41) is 4.25. The van der Waals surface area contributed by atoms with Crippen molar-refractivity contribution in [2.24, 2.45) is 0 Å². The van der Waals surface area contributed by atoms with Gasteiger partial charge in [-0.2, -0.15) is 0 Å². The van der Waals surface area contributed by atoms with Gasteiger partial charge in [-0.15, -0.1) is 0 Å². The zero-order valence-electron chi connectivity index (χ0n) is 21.8. The average molecular weight is 498 g/mol. The second-order valence-electron chi connectivity index (χ2n) is 10.8. The lowest BCUT2D eigenvalue weighted by molar-refractivity contribution is 0.320. The quantitative estimate of drug-likeness (QED) is 0.232. The minimum atomic E-state index is -0.312. The summed E-state index contributed by atoms with van der Waals surface area (Å²) >= 11 is 0. The third-order valence-corrected chi connectivity index (χ3v) is 12.0. The first-order valence-corrected chi connectivity index (χ1v) is 15.9. The number of benzene rings is 3. The van der Waals surface area contributed by atoms with Crippen molar-refractivity contribution in [3.05, 3.63) is 66.7 Å². The van der Waals surface area contributed by atoms with Gasteiger partial charge in [0.05, 0.1) is 23.3 Å². The molecule has 0 amide bonds. The predicted octanol–water partition coefficient (Wildman–Crippen LogP) is 9.35. The first kappa shape index (κ1) is 24.1. The van der Waals surface area contributed by atoms with Gasteiger partial charge in [0.2, 0.25) is 0 Å². The van der Waals surface area contributed by atoms with Crippen LogP contribution in [0.5, 0.6) is 5.75 Å². The van der Waals surface area contributed by atoms with Crippen molar-refractivity contribution in [2.75, 3.05) is 6.61 Å². The maximum absolute atomic E-state index is 6.61. The van der Waals surface area contributed by atoms with Crippen molar-refractivity contribution in [1.82, 2.24) is 4.57 Å². The van der Waals surface area contributed by atoms with Crippen LogP contribution in [-0.4, -0.2) is 22.5 Å². The zero-order chi connectivity index (χ0) is 24.3. The van der Waals surface area contributed by atoms with Crippen LogP contribution >= 0.6 is 7.92 Å². The lowest BCUT2D eigenvalue weighted by Crippen LogP contribution is -2.29. The fourth-order valence-corrected chi connectivity index (χ4v) is 10.8. The molecular weight excluding hydrogens is 457 g/mol. The third kappa shape index (κ3) is 4.47. The Morgan fingerprint density at radius 1 is 0.694 bits per heavy atom. The number of hydrogen-bond donors (Lipinski definition) is 0. The molecule has 36 heavy (non-hydrogen) atoms. The van der Waals surface area contributed by atoms with Gasteiger partial charge in [0.15, 0.2) is 0 Å². The van der Waals surface area contributed by atoms with E-state index >= 15 is 0 Å². The molecule has 0 spiro atoms. The molecule has 3 heteroatoms. The molecule has 0 unspecified atom stereocenters. The average Bonchev–Trinajstić information content (AvgIpc) is 3.28. The fourth-order valence-electron chi connectivity index (χ4n) is 6.84. The Morgan fingerprint density at radius 3 is 1.81 bits per heavy atom. The Balaban J connectivity index is 1.61. The van der Waals surface area contributed by atoms with Crippen molar-refractivity contribution in [2.45, 2.75) is 88.9 Å². The first-order valence-electron chi connectivity index (χ1n) is 14.4. The molecule has 0 atom stereocenters. The van der Waals surface area contributed by atoms with Gasteiger partial charge in [-0.05, 0) is 67.7 Å². The van der Waals surface area contributed by atoms with Crippen LogP contribution in [0.3, 0.4) is 0 Å². The van der Waals surface area contributed by atoms with Crippen molar-refractivity contribution >= 4 is 35.0 Å². The molecule has 6 rings (SSSR count). The van der Waals surface area contributed by atoms with Gasteiger partial charge in [-0.25, -0.2) is 0 Å². The SMILES string of the molecule is CCCOc1cccc(-n2c3ccccc3c3ccccc32)c1P(C1CCCCC1)C1CCCCC1. The van der Waals surface area contributed by atoms with E-state index in [0.29, 0.717) is 0 Å². The van der Waals surface area contributed by atoms with Gasteiger partial charge >= 0.3 is 0 Å². The van der Waals surface area contributed by atoms with Gasteiger partial charge in [0.1, 0.15) is 5.75 Å². The van der Waals surface area contributed by atoms with E-state index in [2.05, 4.69) is 78.2 Å². The Morgan fingerprint density at radius 2 is 1.25 bits per heavy atom. The summed E-state index contributed by atoms with van der Waals surface area (Å²) in [7, 11) is -0.312. The third-order valence-electron chi connectivity index (χ3n) is 8.45. The lowest BCUT2D eigenvalue weighted by atomic mass is 9.99. The highest BCUT2D eigenvalue weighted by Gasteiger charge is 2.36. The van der Waals surface area contributed by atoms with Gasteiger partial charge in [0.25, 0.3) is 0 Å². The highest BCUT2D eigenvalue weighted by Crippen LogP contribution is 2.57. The van der Waals surface area contributed by atoms with Gasteiger partial charge < -0.3 is 9.30 Å². The smallest absolute Gasteiger partial charge is 0.129 e. The van der Waals surface area contributed by atoms with Crippen molar-refractivity contribution in [3.8, 4) is 11.4 Å². The van der Waals surface area contributed by atoms with Gasteiger partial charge in [-0.1, -0.05) is 95.8 Å². The fraction of sp³-hybridized carbons (Fsp3) is 0.455. The number of hydrogen-bond acceptors (Lipinski definition) is 1. The standard InChI is InChI=1S/C33H40NOP/c1-2-24-35-32-23-13-22-31(34-29-20-11-9-18-27(29)28-19-10-12-21-30(28)34)33(32)36(25-14-5-3-6-15-25)26-16-7-4-8-17-26/h9-13,18-23,25-26H,2-8,14-17,24H2,1H3. The molecule has 2 nitrogen and oxygen atoms in total. The molecule has 0 saturated heterocycles.